The summed E-state index contributed by atoms with van der Waals surface area (Å²) in [7, 11) is 1.26. The number of rotatable bonds is 4. The van der Waals surface area contributed by atoms with E-state index in [-0.39, 0.29) is 16.8 Å². The van der Waals surface area contributed by atoms with Crippen molar-refractivity contribution in [1.29, 1.82) is 0 Å². The van der Waals surface area contributed by atoms with E-state index in [1.54, 1.807) is 13.0 Å². The standard InChI is InChI=1S/C18H16F2N2O3/c1-10-3-8-13-15(16(10)20)18(25-2,11-4-6-12(19)7-5-11)17(24)22(13)9-14(21)23/h3-8H,9H2,1-2H3,(H2,21,23)/t18-/m0/s1. The summed E-state index contributed by atoms with van der Waals surface area (Å²) in [6.45, 7) is 1.14. The van der Waals surface area contributed by atoms with Crippen LogP contribution in [0.3, 0.4) is 0 Å². The number of nitrogens with two attached hydrogens (primary N) is 1. The van der Waals surface area contributed by atoms with Gasteiger partial charge in [0.15, 0.2) is 0 Å². The van der Waals surface area contributed by atoms with Gasteiger partial charge in [-0.25, -0.2) is 8.78 Å². The number of nitrogens with zero attached hydrogens (tertiary/aromatic N) is 1. The molecule has 25 heavy (non-hydrogen) atoms. The van der Waals surface area contributed by atoms with Gasteiger partial charge in [-0.05, 0) is 36.2 Å². The summed E-state index contributed by atoms with van der Waals surface area (Å²) in [5, 5.41) is 0. The van der Waals surface area contributed by atoms with Crippen LogP contribution in [0.5, 0.6) is 0 Å². The fourth-order valence-electron chi connectivity index (χ4n) is 3.21. The lowest BCUT2D eigenvalue weighted by Crippen LogP contribution is -2.45. The summed E-state index contributed by atoms with van der Waals surface area (Å²) in [6, 6.07) is 8.08. The Morgan fingerprint density at radius 1 is 1.20 bits per heavy atom. The van der Waals surface area contributed by atoms with E-state index in [4.69, 9.17) is 10.5 Å². The maximum absolute atomic E-state index is 15.0. The lowest BCUT2D eigenvalue weighted by Gasteiger charge is -2.28. The second kappa shape index (κ2) is 5.93. The van der Waals surface area contributed by atoms with E-state index < -0.39 is 35.6 Å². The molecule has 3 rings (SSSR count). The Bertz CT molecular complexity index is 867. The Hall–Kier alpha value is -2.80. The van der Waals surface area contributed by atoms with Crippen LogP contribution in [0.4, 0.5) is 14.5 Å². The van der Waals surface area contributed by atoms with Crippen LogP contribution >= 0.6 is 0 Å². The highest BCUT2D eigenvalue weighted by Crippen LogP contribution is 2.48. The second-order valence-electron chi connectivity index (χ2n) is 5.84. The number of aryl methyl sites for hydroxylation is 1. The molecule has 7 heteroatoms. The molecule has 2 N–H and O–H groups in total. The molecule has 2 aromatic rings. The first-order valence-corrected chi connectivity index (χ1v) is 7.54. The van der Waals surface area contributed by atoms with E-state index in [1.165, 1.54) is 25.3 Å². The monoisotopic (exact) mass is 346 g/mol. The highest BCUT2D eigenvalue weighted by atomic mass is 19.1. The lowest BCUT2D eigenvalue weighted by molar-refractivity contribution is -0.136. The van der Waals surface area contributed by atoms with Crippen molar-refractivity contribution >= 4 is 17.5 Å². The molecule has 1 heterocycles. The van der Waals surface area contributed by atoms with E-state index >= 15 is 0 Å². The normalized spacial score (nSPS) is 19.2. The number of hydrogen-bond donors (Lipinski definition) is 1. The fraction of sp³-hybridized carbons (Fsp3) is 0.222. The molecule has 130 valence electrons. The van der Waals surface area contributed by atoms with Crippen molar-refractivity contribution in [3.05, 3.63) is 64.7 Å². The molecule has 0 radical (unpaired) electrons. The molecule has 1 aliphatic rings. The Kier molecular flexibility index (Phi) is 4.04. The van der Waals surface area contributed by atoms with Gasteiger partial charge in [0.05, 0.1) is 11.3 Å². The number of benzene rings is 2. The molecule has 2 amide bonds. The maximum atomic E-state index is 15.0. The van der Waals surface area contributed by atoms with E-state index in [2.05, 4.69) is 0 Å². The van der Waals surface area contributed by atoms with Crippen LogP contribution in [-0.2, 0) is 19.9 Å². The number of fused-ring (bicyclic) bond motifs is 1. The fourth-order valence-corrected chi connectivity index (χ4v) is 3.21. The predicted octanol–water partition coefficient (Wildman–Crippen LogP) is 2.00. The van der Waals surface area contributed by atoms with Gasteiger partial charge in [0.2, 0.25) is 11.5 Å². The average molecular weight is 346 g/mol. The molecule has 0 spiro atoms. The Labute approximate surface area is 143 Å². The molecule has 1 aliphatic heterocycles. The molecule has 0 bridgehead atoms. The Morgan fingerprint density at radius 3 is 2.40 bits per heavy atom. The van der Waals surface area contributed by atoms with Crippen molar-refractivity contribution in [3.8, 4) is 0 Å². The number of primary amides is 1. The zero-order valence-corrected chi connectivity index (χ0v) is 13.7. The first kappa shape index (κ1) is 17.0. The van der Waals surface area contributed by atoms with Crippen LogP contribution < -0.4 is 10.6 Å². The van der Waals surface area contributed by atoms with Crippen LogP contribution in [0.25, 0.3) is 0 Å². The number of carbonyl (C=O) groups is 2. The SMILES string of the molecule is CO[C@]1(c2ccc(F)cc2)C(=O)N(CC(N)=O)c2ccc(C)c(F)c21. The largest absolute Gasteiger partial charge is 0.368 e. The molecule has 2 aromatic carbocycles. The van der Waals surface area contributed by atoms with E-state index in [9.17, 15) is 18.4 Å². The molecule has 1 atom stereocenters. The molecule has 0 unspecified atom stereocenters. The first-order valence-electron chi connectivity index (χ1n) is 7.54. The minimum absolute atomic E-state index is 0.00661. The molecule has 0 aromatic heterocycles. The maximum Gasteiger partial charge on any atom is 0.269 e. The summed E-state index contributed by atoms with van der Waals surface area (Å²) in [4.78, 5) is 25.6. The third kappa shape index (κ3) is 2.39. The van der Waals surface area contributed by atoms with Gasteiger partial charge in [0.1, 0.15) is 18.2 Å². The molecular weight excluding hydrogens is 330 g/mol. The van der Waals surface area contributed by atoms with Crippen LogP contribution in [-0.4, -0.2) is 25.5 Å². The molecule has 5 nitrogen and oxygen atoms in total. The third-order valence-electron chi connectivity index (χ3n) is 4.37. The molecular formula is C18H16F2N2O3. The molecule has 0 saturated carbocycles. The van der Waals surface area contributed by atoms with E-state index in [1.807, 2.05) is 0 Å². The van der Waals surface area contributed by atoms with Crippen molar-refractivity contribution in [1.82, 2.24) is 0 Å². The quantitative estimate of drug-likeness (QED) is 0.920. The summed E-state index contributed by atoms with van der Waals surface area (Å²) >= 11 is 0. The number of halogens is 2. The van der Waals surface area contributed by atoms with Crippen LogP contribution in [0.2, 0.25) is 0 Å². The summed E-state index contributed by atoms with van der Waals surface area (Å²) in [6.07, 6.45) is 0. The summed E-state index contributed by atoms with van der Waals surface area (Å²) in [5.74, 6) is -2.52. The van der Waals surface area contributed by atoms with Crippen molar-refractivity contribution in [2.45, 2.75) is 12.5 Å². The average Bonchev–Trinajstić information content (AvgIpc) is 2.81. The Morgan fingerprint density at radius 2 is 1.84 bits per heavy atom. The summed E-state index contributed by atoms with van der Waals surface area (Å²) in [5.41, 5.74) is 4.20. The number of methoxy groups -OCH3 is 1. The third-order valence-corrected chi connectivity index (χ3v) is 4.37. The Balaban J connectivity index is 2.33. The zero-order valence-electron chi connectivity index (χ0n) is 13.7. The van der Waals surface area contributed by atoms with Gasteiger partial charge in [-0.1, -0.05) is 18.2 Å². The van der Waals surface area contributed by atoms with Gasteiger partial charge in [0, 0.05) is 7.11 Å². The lowest BCUT2D eigenvalue weighted by atomic mass is 9.86. The number of carbonyl (C=O) groups excluding carboxylic acids is 2. The van der Waals surface area contributed by atoms with Crippen LogP contribution in [0, 0.1) is 18.6 Å². The first-order chi connectivity index (χ1) is 11.8. The zero-order chi connectivity index (χ0) is 18.4. The highest BCUT2D eigenvalue weighted by Gasteiger charge is 2.55. The molecule has 0 aliphatic carbocycles. The van der Waals surface area contributed by atoms with Gasteiger partial charge in [-0.2, -0.15) is 0 Å². The summed E-state index contributed by atoms with van der Waals surface area (Å²) < 4.78 is 33.8. The van der Waals surface area contributed by atoms with E-state index in [0.29, 0.717) is 5.56 Å². The van der Waals surface area contributed by atoms with Gasteiger partial charge >= 0.3 is 0 Å². The second-order valence-corrected chi connectivity index (χ2v) is 5.84. The van der Waals surface area contributed by atoms with Gasteiger partial charge in [0.25, 0.3) is 5.91 Å². The van der Waals surface area contributed by atoms with Crippen LogP contribution in [0.1, 0.15) is 16.7 Å². The number of ether oxygens (including phenoxy) is 1. The number of hydrogen-bond acceptors (Lipinski definition) is 3. The minimum Gasteiger partial charge on any atom is -0.368 e. The topological polar surface area (TPSA) is 72.6 Å². The van der Waals surface area contributed by atoms with Crippen molar-refractivity contribution in [2.24, 2.45) is 5.73 Å². The number of anilines is 1. The van der Waals surface area contributed by atoms with E-state index in [0.717, 1.165) is 17.0 Å². The van der Waals surface area contributed by atoms with Gasteiger partial charge in [-0.15, -0.1) is 0 Å². The number of amides is 2. The smallest absolute Gasteiger partial charge is 0.269 e. The van der Waals surface area contributed by atoms with Crippen molar-refractivity contribution < 1.29 is 23.1 Å². The van der Waals surface area contributed by atoms with Crippen molar-refractivity contribution in [3.63, 3.8) is 0 Å². The molecule has 0 saturated heterocycles. The van der Waals surface area contributed by atoms with Gasteiger partial charge < -0.3 is 10.5 Å². The minimum atomic E-state index is -1.81. The highest BCUT2D eigenvalue weighted by molar-refractivity contribution is 6.11. The predicted molar refractivity (Wildman–Crippen MR) is 86.9 cm³/mol. The molecule has 0 fully saturated rings. The van der Waals surface area contributed by atoms with Crippen LogP contribution in [0.15, 0.2) is 36.4 Å². The van der Waals surface area contributed by atoms with Gasteiger partial charge in [-0.3, -0.25) is 14.5 Å². The van der Waals surface area contributed by atoms with Crippen molar-refractivity contribution in [2.75, 3.05) is 18.6 Å².